The van der Waals surface area contributed by atoms with E-state index in [1.54, 1.807) is 4.90 Å². The van der Waals surface area contributed by atoms with E-state index < -0.39 is 0 Å². The molecule has 8 nitrogen and oxygen atoms in total. The molecule has 1 unspecified atom stereocenters. The fraction of sp³-hybridized carbons (Fsp3) is 0.882. The number of carbonyl (C=O) groups excluding carboxylic acids is 1. The van der Waals surface area contributed by atoms with Crippen molar-refractivity contribution in [3.8, 4) is 0 Å². The Balaban J connectivity index is 0.00000338. The van der Waals surface area contributed by atoms with E-state index in [0.717, 1.165) is 58.4 Å². The highest BCUT2D eigenvalue weighted by atomic mass is 127. The molecular formula is C17H34IN5O3. The Bertz CT molecular complexity index is 438. The first-order valence-corrected chi connectivity index (χ1v) is 9.31. The Morgan fingerprint density at radius 2 is 1.77 bits per heavy atom. The van der Waals surface area contributed by atoms with E-state index in [1.807, 2.05) is 14.0 Å². The van der Waals surface area contributed by atoms with Crippen LogP contribution in [0.1, 0.15) is 13.8 Å². The fourth-order valence-corrected chi connectivity index (χ4v) is 3.20. The second-order valence-electron chi connectivity index (χ2n) is 6.62. The lowest BCUT2D eigenvalue weighted by Crippen LogP contribution is -2.54. The zero-order valence-corrected chi connectivity index (χ0v) is 18.6. The summed E-state index contributed by atoms with van der Waals surface area (Å²) < 4.78 is 10.5. The van der Waals surface area contributed by atoms with E-state index in [4.69, 9.17) is 9.47 Å². The Kier molecular flexibility index (Phi) is 11.2. The van der Waals surface area contributed by atoms with Crippen LogP contribution in [0.3, 0.4) is 0 Å². The summed E-state index contributed by atoms with van der Waals surface area (Å²) in [6.07, 6.45) is -0.218. The van der Waals surface area contributed by atoms with Crippen LogP contribution in [-0.4, -0.2) is 106 Å². The molecule has 2 aliphatic rings. The van der Waals surface area contributed by atoms with Gasteiger partial charge in [-0.3, -0.25) is 9.89 Å². The van der Waals surface area contributed by atoms with Gasteiger partial charge in [0.2, 0.25) is 0 Å². The number of aliphatic imine (C=N–C) groups is 1. The van der Waals surface area contributed by atoms with Gasteiger partial charge in [0.05, 0.1) is 19.8 Å². The molecule has 2 fully saturated rings. The van der Waals surface area contributed by atoms with Crippen LogP contribution in [0.25, 0.3) is 0 Å². The molecule has 2 rings (SSSR count). The first-order valence-electron chi connectivity index (χ1n) is 9.31. The fourth-order valence-electron chi connectivity index (χ4n) is 3.20. The highest BCUT2D eigenvalue weighted by Crippen LogP contribution is 2.06. The minimum absolute atomic E-state index is 0. The van der Waals surface area contributed by atoms with Gasteiger partial charge >= 0.3 is 6.09 Å². The Morgan fingerprint density at radius 1 is 1.15 bits per heavy atom. The van der Waals surface area contributed by atoms with Crippen LogP contribution in [-0.2, 0) is 9.47 Å². The number of guanidine groups is 1. The quantitative estimate of drug-likeness (QED) is 0.357. The minimum atomic E-state index is -0.218. The van der Waals surface area contributed by atoms with E-state index in [1.165, 1.54) is 0 Å². The smallest absolute Gasteiger partial charge is 0.409 e. The van der Waals surface area contributed by atoms with Gasteiger partial charge < -0.3 is 24.6 Å². The molecule has 26 heavy (non-hydrogen) atoms. The number of hydrogen-bond donors (Lipinski definition) is 1. The number of piperazine rings is 1. The number of nitrogens with one attached hydrogen (secondary N) is 1. The summed E-state index contributed by atoms with van der Waals surface area (Å²) in [5.74, 6) is 1.45. The molecule has 0 saturated carbocycles. The average Bonchev–Trinajstić information content (AvgIpc) is 2.64. The third-order valence-corrected chi connectivity index (χ3v) is 4.60. The van der Waals surface area contributed by atoms with E-state index >= 15 is 0 Å². The van der Waals surface area contributed by atoms with Gasteiger partial charge in [-0.1, -0.05) is 6.92 Å². The second kappa shape index (κ2) is 12.6. The van der Waals surface area contributed by atoms with E-state index in [-0.39, 0.29) is 30.1 Å². The summed E-state index contributed by atoms with van der Waals surface area (Å²) in [6.45, 7) is 13.1. The molecule has 1 N–H and O–H groups in total. The van der Waals surface area contributed by atoms with Gasteiger partial charge in [-0.05, 0) is 12.8 Å². The van der Waals surface area contributed by atoms with Crippen molar-refractivity contribution in [3.63, 3.8) is 0 Å². The molecule has 0 radical (unpaired) electrons. The van der Waals surface area contributed by atoms with Crippen molar-refractivity contribution in [2.75, 3.05) is 79.2 Å². The first kappa shape index (κ1) is 23.2. The van der Waals surface area contributed by atoms with Gasteiger partial charge in [0.1, 0.15) is 0 Å². The van der Waals surface area contributed by atoms with Gasteiger partial charge in [0.25, 0.3) is 0 Å². The standard InChI is InChI=1S/C17H33N5O3.HI/c1-4-25-17(23)22-7-5-21(6-8-22)16(18-3)19-13-15(2)14-20-9-11-24-12-10-20;/h15H,4-14H2,1-3H3,(H,18,19);1H. The maximum Gasteiger partial charge on any atom is 0.409 e. The van der Waals surface area contributed by atoms with Gasteiger partial charge in [-0.2, -0.15) is 0 Å². The molecular weight excluding hydrogens is 449 g/mol. The van der Waals surface area contributed by atoms with Crippen LogP contribution >= 0.6 is 24.0 Å². The first-order chi connectivity index (χ1) is 12.1. The van der Waals surface area contributed by atoms with Gasteiger partial charge in [0, 0.05) is 59.4 Å². The van der Waals surface area contributed by atoms with Crippen LogP contribution in [0, 0.1) is 5.92 Å². The molecule has 0 aromatic rings. The SMILES string of the molecule is CCOC(=O)N1CCN(C(=NC)NCC(C)CN2CCOCC2)CC1.I. The zero-order valence-electron chi connectivity index (χ0n) is 16.3. The summed E-state index contributed by atoms with van der Waals surface area (Å²) in [5.41, 5.74) is 0. The average molecular weight is 483 g/mol. The lowest BCUT2D eigenvalue weighted by atomic mass is 10.1. The third kappa shape index (κ3) is 7.43. The van der Waals surface area contributed by atoms with Gasteiger partial charge in [-0.25, -0.2) is 4.79 Å². The lowest BCUT2D eigenvalue weighted by molar-refractivity contribution is 0.0320. The molecule has 0 aromatic carbocycles. The maximum atomic E-state index is 11.8. The predicted molar refractivity (Wildman–Crippen MR) is 113 cm³/mol. The molecule has 2 aliphatic heterocycles. The summed E-state index contributed by atoms with van der Waals surface area (Å²) in [7, 11) is 1.81. The molecule has 1 atom stereocenters. The summed E-state index contributed by atoms with van der Waals surface area (Å²) in [5, 5.41) is 3.48. The molecule has 1 amide bonds. The Labute approximate surface area is 174 Å². The Hall–Kier alpha value is -0.810. The van der Waals surface area contributed by atoms with Crippen molar-refractivity contribution in [3.05, 3.63) is 0 Å². The largest absolute Gasteiger partial charge is 0.450 e. The Morgan fingerprint density at radius 3 is 2.35 bits per heavy atom. The number of halogens is 1. The number of carbonyl (C=O) groups is 1. The third-order valence-electron chi connectivity index (χ3n) is 4.60. The number of hydrogen-bond acceptors (Lipinski definition) is 5. The number of morpholine rings is 1. The highest BCUT2D eigenvalue weighted by molar-refractivity contribution is 14.0. The summed E-state index contributed by atoms with van der Waals surface area (Å²) in [6, 6.07) is 0. The number of amides is 1. The van der Waals surface area contributed by atoms with Crippen LogP contribution in [0.2, 0.25) is 0 Å². The van der Waals surface area contributed by atoms with Crippen molar-refractivity contribution < 1.29 is 14.3 Å². The van der Waals surface area contributed by atoms with Crippen molar-refractivity contribution in [2.45, 2.75) is 13.8 Å². The van der Waals surface area contributed by atoms with Crippen LogP contribution < -0.4 is 5.32 Å². The van der Waals surface area contributed by atoms with Gasteiger partial charge in [0.15, 0.2) is 5.96 Å². The van der Waals surface area contributed by atoms with Crippen molar-refractivity contribution in [2.24, 2.45) is 10.9 Å². The topological polar surface area (TPSA) is 69.6 Å². The molecule has 0 bridgehead atoms. The van der Waals surface area contributed by atoms with Crippen molar-refractivity contribution in [1.82, 2.24) is 20.0 Å². The number of ether oxygens (including phenoxy) is 2. The molecule has 2 saturated heterocycles. The van der Waals surface area contributed by atoms with E-state index in [2.05, 4.69) is 27.0 Å². The highest BCUT2D eigenvalue weighted by Gasteiger charge is 2.24. The van der Waals surface area contributed by atoms with E-state index in [0.29, 0.717) is 25.6 Å². The number of rotatable bonds is 5. The molecule has 9 heteroatoms. The number of nitrogens with zero attached hydrogens (tertiary/aromatic N) is 4. The van der Waals surface area contributed by atoms with E-state index in [9.17, 15) is 4.79 Å². The molecule has 0 aromatic heterocycles. The van der Waals surface area contributed by atoms with Crippen LogP contribution in [0.4, 0.5) is 4.79 Å². The van der Waals surface area contributed by atoms with Crippen LogP contribution in [0.5, 0.6) is 0 Å². The summed E-state index contributed by atoms with van der Waals surface area (Å²) >= 11 is 0. The lowest BCUT2D eigenvalue weighted by Gasteiger charge is -2.36. The molecule has 0 aliphatic carbocycles. The molecule has 152 valence electrons. The monoisotopic (exact) mass is 483 g/mol. The maximum absolute atomic E-state index is 11.8. The molecule has 0 spiro atoms. The van der Waals surface area contributed by atoms with Crippen molar-refractivity contribution in [1.29, 1.82) is 0 Å². The van der Waals surface area contributed by atoms with Gasteiger partial charge in [-0.15, -0.1) is 24.0 Å². The molecule has 2 heterocycles. The zero-order chi connectivity index (χ0) is 18.1. The van der Waals surface area contributed by atoms with Crippen molar-refractivity contribution >= 4 is 36.0 Å². The normalized spacial score (nSPS) is 20.3. The predicted octanol–water partition coefficient (Wildman–Crippen LogP) is 0.922. The van der Waals surface area contributed by atoms with Crippen LogP contribution in [0.15, 0.2) is 4.99 Å². The second-order valence-corrected chi connectivity index (χ2v) is 6.62. The minimum Gasteiger partial charge on any atom is -0.450 e. The summed E-state index contributed by atoms with van der Waals surface area (Å²) in [4.78, 5) is 22.6.